The zero-order valence-corrected chi connectivity index (χ0v) is 70.8. The number of ether oxygens (including phenoxy) is 29. The van der Waals surface area contributed by atoms with Gasteiger partial charge in [-0.1, -0.05) is 40.9 Å². The summed E-state index contributed by atoms with van der Waals surface area (Å²) >= 11 is 0. The minimum atomic E-state index is -1.07. The second-order valence-corrected chi connectivity index (χ2v) is 24.2. The molecule has 0 aliphatic heterocycles. The van der Waals surface area contributed by atoms with Crippen molar-refractivity contribution in [3.05, 3.63) is 83.5 Å². The molecule has 0 aromatic carbocycles. The van der Waals surface area contributed by atoms with Gasteiger partial charge < -0.3 is 137 Å². The van der Waals surface area contributed by atoms with Crippen LogP contribution in [0.15, 0.2) is 40.9 Å². The molecule has 0 rings (SSSR count). The molecule has 0 spiro atoms. The maximum absolute atomic E-state index is 12.5. The van der Waals surface area contributed by atoms with Crippen molar-refractivity contribution in [3.8, 4) is 0 Å². The molecule has 0 saturated carbocycles. The van der Waals surface area contributed by atoms with Crippen molar-refractivity contribution in [3.63, 3.8) is 0 Å². The number of hydrogen-bond donors (Lipinski definition) is 0. The molecule has 0 aromatic heterocycles. The van der Waals surface area contributed by atoms with Crippen molar-refractivity contribution >= 4 is 49.2 Å². The molecule has 0 amide bonds. The van der Waals surface area contributed by atoms with E-state index in [2.05, 4.69) is 80.2 Å². The van der Waals surface area contributed by atoms with Crippen LogP contribution >= 0.6 is 0 Å². The molecule has 0 radical (unpaired) electrons. The van der Waals surface area contributed by atoms with Gasteiger partial charge in [-0.15, -0.1) is 0 Å². The van der Waals surface area contributed by atoms with E-state index in [1.807, 2.05) is 0 Å². The zero-order chi connectivity index (χ0) is 93.4. The SMILES string of the molecule is [N-]=[N+]=NCCCOC(=O)OCCCOCC(COCC(COCC(COCC(COCC(COCC(COCCOC(=O)OCCCN=[N+]=[N-])OCCOC(=O)OCCCN=[N+]=[N-])OCCOC(=O)OCCCN=[N+]=[N-])OCCOC(=O)OCCCN=[N+]=[N-])OCCOC(=O)OCCCN=[N+]=[N-])OCCOC(=O)OCCCN=[N+]=[N-])OCCOC(=O)OCCCN=[N+]=[N-]. The first-order valence-corrected chi connectivity index (χ1v) is 39.8. The summed E-state index contributed by atoms with van der Waals surface area (Å²) in [6, 6.07) is 0. The minimum Gasteiger partial charge on any atom is -0.434 e. The van der Waals surface area contributed by atoms with Crippen LogP contribution in [0.2, 0.25) is 0 Å². The standard InChI is InChI=1S/C67H112N24O37/c68-84-76-10-1-19-113-60(92)121-27-9-18-100-42-54(107-30-36-123-62(94)115-21-3-12-78-86-70)44-102-46-56(109-32-38-125-64(96)117-23-5-14-80-88-72)48-104-50-58(111-34-40-127-66(98)119-25-7-16-82-90-74)52-106-53-59(112-35-41-128-67(99)120-26-8-17-83-91-75)51-105-49-57(110-33-39-126-65(97)118-24-6-15-81-89-73)47-103-45-55(108-31-37-124-63(95)116-22-4-13-79-87-71)43-101-28-29-122-61(93)114-20-2-11-77-85-69/h54-59H,1-53H2. The molecule has 0 bridgehead atoms. The second kappa shape index (κ2) is 91.3. The van der Waals surface area contributed by atoms with Crippen molar-refractivity contribution in [1.82, 2.24) is 0 Å². The molecule has 0 aromatic rings. The van der Waals surface area contributed by atoms with Crippen LogP contribution in [0.1, 0.15) is 57.8 Å². The van der Waals surface area contributed by atoms with Gasteiger partial charge in [-0.05, 0) is 95.6 Å². The Kier molecular flexibility index (Phi) is 82.9. The number of hydrogen-bond acceptors (Lipinski definition) is 45. The number of azide groups is 8. The fourth-order valence-corrected chi connectivity index (χ4v) is 8.51. The lowest BCUT2D eigenvalue weighted by atomic mass is 10.3. The summed E-state index contributed by atoms with van der Waals surface area (Å²) in [5.74, 6) is 0. The second-order valence-electron chi connectivity index (χ2n) is 24.2. The molecule has 0 heterocycles. The van der Waals surface area contributed by atoms with Crippen LogP contribution in [-0.2, 0) is 137 Å². The van der Waals surface area contributed by atoms with Gasteiger partial charge in [0.25, 0.3) is 0 Å². The molecular formula is C67H112N24O37. The van der Waals surface area contributed by atoms with Gasteiger partial charge >= 0.3 is 49.2 Å². The maximum Gasteiger partial charge on any atom is 0.508 e. The summed E-state index contributed by atoms with van der Waals surface area (Å²) in [4.78, 5) is 119. The third kappa shape index (κ3) is 82.4. The van der Waals surface area contributed by atoms with Gasteiger partial charge in [0.05, 0.1) is 185 Å². The van der Waals surface area contributed by atoms with Crippen LogP contribution in [0.25, 0.3) is 83.5 Å². The maximum atomic E-state index is 12.5. The first-order chi connectivity index (χ1) is 62.7. The number of rotatable bonds is 87. The molecule has 722 valence electrons. The van der Waals surface area contributed by atoms with E-state index >= 15 is 0 Å². The molecule has 128 heavy (non-hydrogen) atoms. The van der Waals surface area contributed by atoms with Gasteiger partial charge in [0.1, 0.15) is 82.9 Å². The summed E-state index contributed by atoms with van der Waals surface area (Å²) in [5.41, 5.74) is 68.3. The lowest BCUT2D eigenvalue weighted by molar-refractivity contribution is -0.128. The van der Waals surface area contributed by atoms with Gasteiger partial charge in [-0.2, -0.15) is 0 Å². The lowest BCUT2D eigenvalue weighted by Gasteiger charge is -2.24. The van der Waals surface area contributed by atoms with Crippen LogP contribution in [0, 0.1) is 0 Å². The first-order valence-electron chi connectivity index (χ1n) is 39.8. The Morgan fingerprint density at radius 1 is 0.164 bits per heavy atom. The Bertz CT molecular complexity index is 3350. The number of carbonyl (C=O) groups excluding carboxylic acids is 8. The lowest BCUT2D eigenvalue weighted by Crippen LogP contribution is -2.36. The number of carbonyl (C=O) groups is 8. The normalized spacial score (nSPS) is 11.8. The summed E-state index contributed by atoms with van der Waals surface area (Å²) < 4.78 is 159. The average molecular weight is 1850 g/mol. The summed E-state index contributed by atoms with van der Waals surface area (Å²) in [7, 11) is 0. The molecule has 0 N–H and O–H groups in total. The monoisotopic (exact) mass is 1840 g/mol. The molecule has 6 unspecified atom stereocenters. The van der Waals surface area contributed by atoms with Crippen LogP contribution in [0.4, 0.5) is 38.4 Å². The Morgan fingerprint density at radius 3 is 0.461 bits per heavy atom. The third-order valence-electron chi connectivity index (χ3n) is 14.2. The smallest absolute Gasteiger partial charge is 0.434 e. The fraction of sp³-hybridized carbons (Fsp3) is 0.881. The van der Waals surface area contributed by atoms with Crippen LogP contribution in [0.3, 0.4) is 0 Å². The molecule has 61 nitrogen and oxygen atoms in total. The van der Waals surface area contributed by atoms with Crippen molar-refractivity contribution < 1.29 is 176 Å². The zero-order valence-electron chi connectivity index (χ0n) is 70.8. The van der Waals surface area contributed by atoms with Crippen LogP contribution < -0.4 is 0 Å². The van der Waals surface area contributed by atoms with E-state index in [4.69, 9.17) is 182 Å². The Morgan fingerprint density at radius 2 is 0.297 bits per heavy atom. The molecular weight excluding hydrogens is 1730 g/mol. The highest BCUT2D eigenvalue weighted by Crippen LogP contribution is 2.10. The molecule has 6 atom stereocenters. The van der Waals surface area contributed by atoms with Gasteiger partial charge in [0.15, 0.2) is 0 Å². The van der Waals surface area contributed by atoms with E-state index in [0.29, 0.717) is 0 Å². The molecule has 0 fully saturated rings. The van der Waals surface area contributed by atoms with E-state index in [0.717, 1.165) is 0 Å². The highest BCUT2D eigenvalue weighted by Gasteiger charge is 2.23. The van der Waals surface area contributed by atoms with E-state index in [-0.39, 0.29) is 348 Å². The van der Waals surface area contributed by atoms with Gasteiger partial charge in [-0.3, -0.25) is 0 Å². The predicted molar refractivity (Wildman–Crippen MR) is 426 cm³/mol. The van der Waals surface area contributed by atoms with Crippen LogP contribution in [-0.4, -0.2) is 376 Å². The Balaban J connectivity index is 7.16. The van der Waals surface area contributed by atoms with E-state index in [1.165, 1.54) is 0 Å². The van der Waals surface area contributed by atoms with E-state index < -0.39 is 85.9 Å². The largest absolute Gasteiger partial charge is 0.508 e. The molecule has 61 heteroatoms. The fourth-order valence-electron chi connectivity index (χ4n) is 8.51. The van der Waals surface area contributed by atoms with Gasteiger partial charge in [0, 0.05) is 105 Å². The average Bonchev–Trinajstić information content (AvgIpc) is 0.950. The minimum absolute atomic E-state index is 0.0404. The van der Waals surface area contributed by atoms with Gasteiger partial charge in [-0.25, -0.2) is 38.4 Å². The third-order valence-corrected chi connectivity index (χ3v) is 14.2. The van der Waals surface area contributed by atoms with Crippen molar-refractivity contribution in [2.75, 3.05) is 290 Å². The van der Waals surface area contributed by atoms with E-state index in [1.54, 1.807) is 0 Å². The van der Waals surface area contributed by atoms with Crippen molar-refractivity contribution in [2.24, 2.45) is 40.9 Å². The van der Waals surface area contributed by atoms with Crippen LogP contribution in [0.5, 0.6) is 0 Å². The highest BCUT2D eigenvalue weighted by atomic mass is 16.8. The number of nitrogens with zero attached hydrogens (tertiary/aromatic N) is 24. The first kappa shape index (κ1) is 116. The van der Waals surface area contributed by atoms with Crippen molar-refractivity contribution in [1.29, 1.82) is 0 Å². The van der Waals surface area contributed by atoms with Crippen molar-refractivity contribution in [2.45, 2.75) is 94.4 Å². The molecule has 0 saturated heterocycles. The predicted octanol–water partition coefficient (Wildman–Crippen LogP) is 10.6. The highest BCUT2D eigenvalue weighted by molar-refractivity contribution is 5.62. The Labute approximate surface area is 731 Å². The molecule has 0 aliphatic carbocycles. The van der Waals surface area contributed by atoms with Gasteiger partial charge in [0.2, 0.25) is 0 Å². The topological polar surface area (TPSA) is 794 Å². The van der Waals surface area contributed by atoms with E-state index in [9.17, 15) is 38.4 Å². The summed E-state index contributed by atoms with van der Waals surface area (Å²) in [6.07, 6.45) is -12.1. The quantitative estimate of drug-likeness (QED) is 0.0136. The summed E-state index contributed by atoms with van der Waals surface area (Å²) in [5, 5.41) is 27.0. The molecule has 0 aliphatic rings. The Hall–Kier alpha value is -11.9. The summed E-state index contributed by atoms with van der Waals surface area (Å²) in [6.45, 7) is -7.44.